The molecule has 1 atom stereocenters. The number of halogens is 3. The van der Waals surface area contributed by atoms with E-state index in [0.717, 1.165) is 4.90 Å². The number of para-hydroxylation sites is 1. The van der Waals surface area contributed by atoms with E-state index >= 15 is 0 Å². The van der Waals surface area contributed by atoms with Crippen molar-refractivity contribution in [1.82, 2.24) is 29.8 Å². The Morgan fingerprint density at radius 2 is 1.94 bits per heavy atom. The quantitative estimate of drug-likeness (QED) is 0.415. The van der Waals surface area contributed by atoms with Gasteiger partial charge < -0.3 is 9.64 Å². The van der Waals surface area contributed by atoms with Gasteiger partial charge in [-0.15, -0.1) is 5.10 Å². The third-order valence-corrected chi connectivity index (χ3v) is 6.02. The summed E-state index contributed by atoms with van der Waals surface area (Å²) in [5.74, 6) is 0.450. The van der Waals surface area contributed by atoms with E-state index in [9.17, 15) is 18.0 Å². The largest absolute Gasteiger partial charge is 0.494 e. The number of carbonyl (C=O) groups is 1. The molecule has 5 rings (SSSR count). The molecule has 12 heteroatoms. The molecule has 0 aliphatic carbocycles. The van der Waals surface area contributed by atoms with Gasteiger partial charge in [-0.2, -0.15) is 18.3 Å². The molecule has 3 heterocycles. The number of alkyl halides is 3. The van der Waals surface area contributed by atoms with E-state index in [1.165, 1.54) is 11.8 Å². The Bertz CT molecular complexity index is 1410. The van der Waals surface area contributed by atoms with Crippen LogP contribution in [0.25, 0.3) is 16.9 Å². The Hall–Kier alpha value is -4.22. The number of aromatic nitrogens is 6. The smallest absolute Gasteiger partial charge is 0.406 e. The number of carbonyl (C=O) groups excluding carboxylic acids is 1. The van der Waals surface area contributed by atoms with Crippen LogP contribution in [0.3, 0.4) is 0 Å². The van der Waals surface area contributed by atoms with Crippen LogP contribution in [0, 0.1) is 6.92 Å². The zero-order chi connectivity index (χ0) is 25.4. The van der Waals surface area contributed by atoms with Crippen molar-refractivity contribution in [3.8, 4) is 22.7 Å². The van der Waals surface area contributed by atoms with Gasteiger partial charge in [0, 0.05) is 11.3 Å². The van der Waals surface area contributed by atoms with Crippen LogP contribution in [0.2, 0.25) is 0 Å². The van der Waals surface area contributed by atoms with E-state index in [1.54, 1.807) is 66.6 Å². The number of benzene rings is 2. The van der Waals surface area contributed by atoms with Gasteiger partial charge in [0.15, 0.2) is 0 Å². The van der Waals surface area contributed by atoms with Crippen molar-refractivity contribution in [2.24, 2.45) is 0 Å². The average Bonchev–Trinajstić information content (AvgIpc) is 3.49. The van der Waals surface area contributed by atoms with Gasteiger partial charge in [0.2, 0.25) is 0 Å². The minimum Gasteiger partial charge on any atom is -0.494 e. The van der Waals surface area contributed by atoms with Crippen molar-refractivity contribution in [2.45, 2.75) is 32.0 Å². The van der Waals surface area contributed by atoms with Crippen LogP contribution in [-0.2, 0) is 11.2 Å². The SMILES string of the molecule is COc1cc(-c2cn(C3CCc4ccccc4N(CC(F)(F)F)C3=O)nn2)ccc1-n1cnc(C)n1. The van der Waals surface area contributed by atoms with Crippen LogP contribution in [0.4, 0.5) is 18.9 Å². The highest BCUT2D eigenvalue weighted by Gasteiger charge is 2.39. The van der Waals surface area contributed by atoms with Gasteiger partial charge in [-0.25, -0.2) is 14.3 Å². The number of ether oxygens (including phenoxy) is 1. The van der Waals surface area contributed by atoms with Crippen LogP contribution in [0.5, 0.6) is 5.75 Å². The second kappa shape index (κ2) is 9.10. The summed E-state index contributed by atoms with van der Waals surface area (Å²) in [5, 5.41) is 12.6. The number of fused-ring (bicyclic) bond motifs is 1. The Morgan fingerprint density at radius 3 is 2.67 bits per heavy atom. The number of hydrogen-bond acceptors (Lipinski definition) is 6. The first kappa shape index (κ1) is 23.5. The highest BCUT2D eigenvalue weighted by Crippen LogP contribution is 2.34. The fraction of sp³-hybridized carbons (Fsp3) is 0.292. The minimum atomic E-state index is -4.55. The number of hydrogen-bond donors (Lipinski definition) is 0. The van der Waals surface area contributed by atoms with Crippen LogP contribution in [0.1, 0.15) is 23.9 Å². The second-order valence-corrected chi connectivity index (χ2v) is 8.43. The first-order valence-corrected chi connectivity index (χ1v) is 11.2. The summed E-state index contributed by atoms with van der Waals surface area (Å²) in [7, 11) is 1.53. The molecular weight excluding hydrogens is 475 g/mol. The molecule has 1 amide bonds. The summed E-state index contributed by atoms with van der Waals surface area (Å²) >= 11 is 0. The van der Waals surface area contributed by atoms with E-state index in [-0.39, 0.29) is 5.69 Å². The summed E-state index contributed by atoms with van der Waals surface area (Å²) < 4.78 is 48.6. The van der Waals surface area contributed by atoms with Crippen molar-refractivity contribution in [2.75, 3.05) is 18.6 Å². The van der Waals surface area contributed by atoms with E-state index in [0.29, 0.717) is 46.9 Å². The highest BCUT2D eigenvalue weighted by atomic mass is 19.4. The third-order valence-electron chi connectivity index (χ3n) is 6.02. The van der Waals surface area contributed by atoms with E-state index in [4.69, 9.17) is 4.74 Å². The minimum absolute atomic E-state index is 0.270. The lowest BCUT2D eigenvalue weighted by Crippen LogP contribution is -2.42. The number of amides is 1. The number of aryl methyl sites for hydroxylation is 2. The monoisotopic (exact) mass is 497 g/mol. The molecule has 0 radical (unpaired) electrons. The molecule has 0 saturated heterocycles. The van der Waals surface area contributed by atoms with E-state index < -0.39 is 24.7 Å². The first-order chi connectivity index (χ1) is 17.2. The number of rotatable bonds is 5. The van der Waals surface area contributed by atoms with Crippen molar-refractivity contribution in [3.63, 3.8) is 0 Å². The summed E-state index contributed by atoms with van der Waals surface area (Å²) in [6.07, 6.45) is -0.688. The Morgan fingerprint density at radius 1 is 1.14 bits per heavy atom. The normalized spacial score (nSPS) is 16.1. The molecule has 0 N–H and O–H groups in total. The third kappa shape index (κ3) is 4.53. The van der Waals surface area contributed by atoms with Crippen molar-refractivity contribution < 1.29 is 22.7 Å². The topological polar surface area (TPSA) is 91.0 Å². The first-order valence-electron chi connectivity index (χ1n) is 11.2. The highest BCUT2D eigenvalue weighted by molar-refractivity contribution is 5.97. The molecule has 186 valence electrons. The summed E-state index contributed by atoms with van der Waals surface area (Å²) in [6, 6.07) is 11.1. The van der Waals surface area contributed by atoms with Crippen molar-refractivity contribution in [1.29, 1.82) is 0 Å². The molecule has 4 aromatic rings. The maximum absolute atomic E-state index is 13.4. The molecule has 0 spiro atoms. The average molecular weight is 497 g/mol. The molecule has 9 nitrogen and oxygen atoms in total. The maximum Gasteiger partial charge on any atom is 0.406 e. The van der Waals surface area contributed by atoms with Gasteiger partial charge in [0.25, 0.3) is 5.91 Å². The molecule has 1 unspecified atom stereocenters. The number of methoxy groups -OCH3 is 1. The van der Waals surface area contributed by atoms with Gasteiger partial charge in [0.1, 0.15) is 41.9 Å². The Labute approximate surface area is 204 Å². The molecule has 0 bridgehead atoms. The van der Waals surface area contributed by atoms with Gasteiger partial charge in [-0.05, 0) is 43.5 Å². The predicted octanol–water partition coefficient (Wildman–Crippen LogP) is 3.93. The lowest BCUT2D eigenvalue weighted by Gasteiger charge is -2.26. The Kier molecular flexibility index (Phi) is 5.94. The fourth-order valence-electron chi connectivity index (χ4n) is 4.34. The van der Waals surface area contributed by atoms with Crippen LogP contribution in [-0.4, -0.2) is 55.5 Å². The Balaban J connectivity index is 1.46. The summed E-state index contributed by atoms with van der Waals surface area (Å²) in [4.78, 5) is 18.3. The molecule has 1 aliphatic heterocycles. The number of anilines is 1. The standard InChI is InChI=1S/C24H22F3N7O2/c1-15-28-14-34(30-15)20-9-8-17(11-22(20)36-2)18-12-33(31-29-18)21-10-7-16-5-3-4-6-19(16)32(23(21)35)13-24(25,26)27/h3-6,8-9,11-12,14,21H,7,10,13H2,1-2H3. The number of nitrogens with zero attached hydrogens (tertiary/aromatic N) is 7. The van der Waals surface area contributed by atoms with Gasteiger partial charge >= 0.3 is 6.18 Å². The molecule has 2 aromatic heterocycles. The molecular formula is C24H22F3N7O2. The van der Waals surface area contributed by atoms with Crippen molar-refractivity contribution in [3.05, 3.63) is 66.4 Å². The summed E-state index contributed by atoms with van der Waals surface area (Å²) in [6.45, 7) is 0.403. The molecule has 0 fully saturated rings. The fourth-order valence-corrected chi connectivity index (χ4v) is 4.34. The molecule has 0 saturated carbocycles. The molecule has 1 aliphatic rings. The second-order valence-electron chi connectivity index (χ2n) is 8.43. The van der Waals surface area contributed by atoms with Gasteiger partial charge in [-0.3, -0.25) is 4.79 Å². The maximum atomic E-state index is 13.4. The zero-order valence-electron chi connectivity index (χ0n) is 19.5. The zero-order valence-corrected chi connectivity index (χ0v) is 19.5. The van der Waals surface area contributed by atoms with Gasteiger partial charge in [0.05, 0.1) is 13.3 Å². The lowest BCUT2D eigenvalue weighted by molar-refractivity contribution is -0.134. The van der Waals surface area contributed by atoms with Crippen LogP contribution in [0.15, 0.2) is 55.0 Å². The van der Waals surface area contributed by atoms with Crippen LogP contribution >= 0.6 is 0 Å². The summed E-state index contributed by atoms with van der Waals surface area (Å²) in [5.41, 5.74) is 2.74. The van der Waals surface area contributed by atoms with E-state index in [1.807, 2.05) is 0 Å². The van der Waals surface area contributed by atoms with Gasteiger partial charge in [-0.1, -0.05) is 29.5 Å². The lowest BCUT2D eigenvalue weighted by atomic mass is 10.1. The molecule has 36 heavy (non-hydrogen) atoms. The van der Waals surface area contributed by atoms with Crippen molar-refractivity contribution >= 4 is 11.6 Å². The van der Waals surface area contributed by atoms with E-state index in [2.05, 4.69) is 20.4 Å². The molecule has 2 aromatic carbocycles. The van der Waals surface area contributed by atoms with Crippen LogP contribution < -0.4 is 9.64 Å². The predicted molar refractivity (Wildman–Crippen MR) is 124 cm³/mol.